The van der Waals surface area contributed by atoms with Gasteiger partial charge in [0.1, 0.15) is 5.82 Å². The number of thiocarbonyl (C=S) groups is 1. The molecule has 92 valence electrons. The molecule has 0 aromatic heterocycles. The van der Waals surface area contributed by atoms with Gasteiger partial charge in [-0.3, -0.25) is 4.79 Å². The van der Waals surface area contributed by atoms with Gasteiger partial charge in [-0.25, -0.2) is 4.39 Å². The van der Waals surface area contributed by atoms with Crippen molar-refractivity contribution < 1.29 is 9.18 Å². The SMILES string of the molecule is CCCC(NC(=O)c1ccccc1F)C(N)=S. The van der Waals surface area contributed by atoms with E-state index in [9.17, 15) is 9.18 Å². The highest BCUT2D eigenvalue weighted by molar-refractivity contribution is 7.80. The number of benzene rings is 1. The normalized spacial score (nSPS) is 11.9. The van der Waals surface area contributed by atoms with Crippen molar-refractivity contribution in [2.24, 2.45) is 5.73 Å². The maximum Gasteiger partial charge on any atom is 0.254 e. The van der Waals surface area contributed by atoms with Crippen LogP contribution < -0.4 is 11.1 Å². The second kappa shape index (κ2) is 6.30. The number of carbonyl (C=O) groups is 1. The third-order valence-electron chi connectivity index (χ3n) is 2.34. The molecule has 5 heteroatoms. The molecule has 0 heterocycles. The first-order chi connectivity index (χ1) is 8.06. The van der Waals surface area contributed by atoms with E-state index in [2.05, 4.69) is 5.32 Å². The zero-order valence-electron chi connectivity index (χ0n) is 9.57. The van der Waals surface area contributed by atoms with Crippen molar-refractivity contribution >= 4 is 23.1 Å². The molecule has 0 spiro atoms. The lowest BCUT2D eigenvalue weighted by Gasteiger charge is -2.16. The van der Waals surface area contributed by atoms with Crippen molar-refractivity contribution in [3.8, 4) is 0 Å². The van der Waals surface area contributed by atoms with Crippen LogP contribution in [-0.2, 0) is 0 Å². The molecule has 0 saturated heterocycles. The minimum absolute atomic E-state index is 0.00449. The van der Waals surface area contributed by atoms with E-state index < -0.39 is 11.7 Å². The maximum absolute atomic E-state index is 13.4. The fourth-order valence-electron chi connectivity index (χ4n) is 1.46. The van der Waals surface area contributed by atoms with E-state index in [4.69, 9.17) is 18.0 Å². The van der Waals surface area contributed by atoms with Crippen LogP contribution in [0.4, 0.5) is 4.39 Å². The van der Waals surface area contributed by atoms with Gasteiger partial charge in [0.05, 0.1) is 16.6 Å². The minimum atomic E-state index is -0.553. The van der Waals surface area contributed by atoms with Crippen LogP contribution in [0.5, 0.6) is 0 Å². The van der Waals surface area contributed by atoms with E-state index in [0.717, 1.165) is 6.42 Å². The van der Waals surface area contributed by atoms with Crippen molar-refractivity contribution in [1.82, 2.24) is 5.32 Å². The molecule has 1 aromatic carbocycles. The Bertz CT molecular complexity index is 423. The van der Waals surface area contributed by atoms with E-state index in [-0.39, 0.29) is 16.6 Å². The number of amides is 1. The van der Waals surface area contributed by atoms with Crippen LogP contribution in [0.15, 0.2) is 24.3 Å². The van der Waals surface area contributed by atoms with Crippen molar-refractivity contribution in [2.75, 3.05) is 0 Å². The topological polar surface area (TPSA) is 55.1 Å². The lowest BCUT2D eigenvalue weighted by atomic mass is 10.1. The van der Waals surface area contributed by atoms with E-state index in [1.165, 1.54) is 18.2 Å². The third kappa shape index (κ3) is 3.78. The summed E-state index contributed by atoms with van der Waals surface area (Å²) in [6, 6.07) is 5.41. The van der Waals surface area contributed by atoms with Gasteiger partial charge in [-0.2, -0.15) is 0 Å². The van der Waals surface area contributed by atoms with Crippen LogP contribution in [0.1, 0.15) is 30.1 Å². The van der Waals surface area contributed by atoms with Gasteiger partial charge >= 0.3 is 0 Å². The molecule has 0 radical (unpaired) electrons. The van der Waals surface area contributed by atoms with Crippen LogP contribution in [0.25, 0.3) is 0 Å². The van der Waals surface area contributed by atoms with Crippen molar-refractivity contribution in [1.29, 1.82) is 0 Å². The summed E-state index contributed by atoms with van der Waals surface area (Å²) in [6.07, 6.45) is 1.48. The van der Waals surface area contributed by atoms with Gasteiger partial charge in [-0.1, -0.05) is 37.7 Å². The summed E-state index contributed by atoms with van der Waals surface area (Å²) in [7, 11) is 0. The molecule has 1 aromatic rings. The quantitative estimate of drug-likeness (QED) is 0.790. The Kier molecular flexibility index (Phi) is 5.03. The highest BCUT2D eigenvalue weighted by atomic mass is 32.1. The lowest BCUT2D eigenvalue weighted by Crippen LogP contribution is -2.43. The molecule has 1 atom stereocenters. The van der Waals surface area contributed by atoms with Crippen LogP contribution >= 0.6 is 12.2 Å². The largest absolute Gasteiger partial charge is 0.392 e. The smallest absolute Gasteiger partial charge is 0.254 e. The Morgan fingerprint density at radius 1 is 1.53 bits per heavy atom. The molecule has 1 rings (SSSR count). The average molecular weight is 254 g/mol. The molecule has 0 aliphatic heterocycles. The molecule has 1 amide bonds. The zero-order valence-corrected chi connectivity index (χ0v) is 10.4. The lowest BCUT2D eigenvalue weighted by molar-refractivity contribution is 0.0941. The number of carbonyl (C=O) groups excluding carboxylic acids is 1. The van der Waals surface area contributed by atoms with E-state index in [1.54, 1.807) is 6.07 Å². The van der Waals surface area contributed by atoms with E-state index in [0.29, 0.717) is 6.42 Å². The van der Waals surface area contributed by atoms with Gasteiger partial charge in [0, 0.05) is 0 Å². The summed E-state index contributed by atoms with van der Waals surface area (Å²) in [5.74, 6) is -1.04. The second-order valence-corrected chi connectivity index (χ2v) is 4.17. The Morgan fingerprint density at radius 2 is 2.18 bits per heavy atom. The third-order valence-corrected chi connectivity index (χ3v) is 2.63. The van der Waals surface area contributed by atoms with Crippen LogP contribution in [-0.4, -0.2) is 16.9 Å². The molecule has 17 heavy (non-hydrogen) atoms. The Morgan fingerprint density at radius 3 is 2.71 bits per heavy atom. The van der Waals surface area contributed by atoms with Gasteiger partial charge in [0.15, 0.2) is 0 Å². The zero-order chi connectivity index (χ0) is 12.8. The highest BCUT2D eigenvalue weighted by Crippen LogP contribution is 2.07. The molecular weight excluding hydrogens is 239 g/mol. The number of rotatable bonds is 5. The van der Waals surface area contributed by atoms with Gasteiger partial charge in [-0.15, -0.1) is 0 Å². The molecule has 0 bridgehead atoms. The summed E-state index contributed by atoms with van der Waals surface area (Å²) in [6.45, 7) is 1.96. The van der Waals surface area contributed by atoms with Gasteiger partial charge in [0.2, 0.25) is 0 Å². The van der Waals surface area contributed by atoms with Crippen molar-refractivity contribution in [3.63, 3.8) is 0 Å². The molecule has 3 nitrogen and oxygen atoms in total. The number of nitrogens with one attached hydrogen (secondary N) is 1. The number of halogens is 1. The number of hydrogen-bond donors (Lipinski definition) is 2. The first-order valence-corrected chi connectivity index (χ1v) is 5.81. The Balaban J connectivity index is 2.77. The average Bonchev–Trinajstić information content (AvgIpc) is 2.28. The van der Waals surface area contributed by atoms with Crippen molar-refractivity contribution in [3.05, 3.63) is 35.6 Å². The molecular formula is C12H15FN2OS. The molecule has 0 fully saturated rings. The standard InChI is InChI=1S/C12H15FN2OS/c1-2-5-10(11(14)17)15-12(16)8-6-3-4-7-9(8)13/h3-4,6-7,10H,2,5H2,1H3,(H2,14,17)(H,15,16). The number of nitrogens with two attached hydrogens (primary N) is 1. The maximum atomic E-state index is 13.4. The van der Waals surface area contributed by atoms with Gasteiger partial charge in [0.25, 0.3) is 5.91 Å². The van der Waals surface area contributed by atoms with Crippen LogP contribution in [0.3, 0.4) is 0 Å². The summed E-state index contributed by atoms with van der Waals surface area (Å²) in [4.78, 5) is 12.0. The highest BCUT2D eigenvalue weighted by Gasteiger charge is 2.17. The Labute approximate surface area is 105 Å². The summed E-state index contributed by atoms with van der Waals surface area (Å²) in [5, 5.41) is 2.63. The molecule has 0 saturated carbocycles. The van der Waals surface area contributed by atoms with Crippen LogP contribution in [0, 0.1) is 5.82 Å². The van der Waals surface area contributed by atoms with Gasteiger partial charge in [-0.05, 0) is 18.6 Å². The summed E-state index contributed by atoms with van der Waals surface area (Å²) in [5.41, 5.74) is 5.51. The Hall–Kier alpha value is -1.49. The van der Waals surface area contributed by atoms with Gasteiger partial charge < -0.3 is 11.1 Å². The van der Waals surface area contributed by atoms with Crippen molar-refractivity contribution in [2.45, 2.75) is 25.8 Å². The van der Waals surface area contributed by atoms with Crippen LogP contribution in [0.2, 0.25) is 0 Å². The molecule has 0 aliphatic rings. The number of hydrogen-bond acceptors (Lipinski definition) is 2. The fraction of sp³-hybridized carbons (Fsp3) is 0.333. The molecule has 1 unspecified atom stereocenters. The molecule has 0 aliphatic carbocycles. The second-order valence-electron chi connectivity index (χ2n) is 3.70. The minimum Gasteiger partial charge on any atom is -0.392 e. The summed E-state index contributed by atoms with van der Waals surface area (Å²) < 4.78 is 13.4. The van der Waals surface area contributed by atoms with E-state index >= 15 is 0 Å². The predicted octanol–water partition coefficient (Wildman–Crippen LogP) is 2.01. The monoisotopic (exact) mass is 254 g/mol. The van der Waals surface area contributed by atoms with E-state index in [1.807, 2.05) is 6.92 Å². The summed E-state index contributed by atoms with van der Waals surface area (Å²) >= 11 is 4.85. The first-order valence-electron chi connectivity index (χ1n) is 5.41. The molecule has 3 N–H and O–H groups in total. The fourth-order valence-corrected chi connectivity index (χ4v) is 1.63. The predicted molar refractivity (Wildman–Crippen MR) is 69.3 cm³/mol. The first kappa shape index (κ1) is 13.6.